The van der Waals surface area contributed by atoms with Crippen LogP contribution in [0.25, 0.3) is 0 Å². The predicted molar refractivity (Wildman–Crippen MR) is 38.3 cm³/mol. The largest absolute Gasteiger partial charge is 0.511 e. The maximum Gasteiger partial charge on any atom is 0.511 e. The molecule has 0 radical (unpaired) electrons. The number of hydrogen-bond acceptors (Lipinski definition) is 4. The summed E-state index contributed by atoms with van der Waals surface area (Å²) in [5.41, 5.74) is -10.6. The first-order valence-corrected chi connectivity index (χ1v) is 5.77. The Morgan fingerprint density at radius 2 is 0.688 bits per heavy atom. The normalized spacial score (nSPS) is 14.0. The molecule has 0 aromatic heterocycles. The number of primary sulfonamides is 2. The van der Waals surface area contributed by atoms with E-state index in [0.29, 0.717) is 0 Å². The van der Waals surface area contributed by atoms with Gasteiger partial charge < -0.3 is 0 Å². The van der Waals surface area contributed by atoms with E-state index in [1.165, 1.54) is 0 Å². The molecule has 100 valence electrons. The van der Waals surface area contributed by atoms with Gasteiger partial charge in [-0.15, -0.1) is 0 Å². The zero-order chi connectivity index (χ0) is 14.0. The first-order chi connectivity index (χ1) is 6.50. The van der Waals surface area contributed by atoms with Gasteiger partial charge in [0, 0.05) is 0 Å². The summed E-state index contributed by atoms with van der Waals surface area (Å²) in [5.74, 6) is 0. The first-order valence-electron chi connectivity index (χ1n) is 2.68. The molecule has 0 atom stereocenters. The highest BCUT2D eigenvalue weighted by Crippen LogP contribution is 2.19. The van der Waals surface area contributed by atoms with Crippen LogP contribution in [-0.4, -0.2) is 27.9 Å². The quantitative estimate of drug-likeness (QED) is 0.590. The molecule has 0 heterocycles. The Balaban J connectivity index is 0. The van der Waals surface area contributed by atoms with Gasteiger partial charge in [-0.25, -0.2) is 27.1 Å². The molecule has 0 bridgehead atoms. The van der Waals surface area contributed by atoms with Crippen molar-refractivity contribution in [2.45, 2.75) is 11.0 Å². The van der Waals surface area contributed by atoms with Gasteiger partial charge in [-0.3, -0.25) is 0 Å². The minimum absolute atomic E-state index is 3.66. The second kappa shape index (κ2) is 4.72. The van der Waals surface area contributed by atoms with E-state index in [-0.39, 0.29) is 0 Å². The topological polar surface area (TPSA) is 120 Å². The van der Waals surface area contributed by atoms with Crippen LogP contribution in [0, 0.1) is 0 Å². The molecular weight excluding hydrogens is 294 g/mol. The number of sulfonamides is 2. The molecule has 0 aliphatic carbocycles. The number of rotatable bonds is 0. The monoisotopic (exact) mass is 298 g/mol. The molecule has 0 fully saturated rings. The molecule has 0 aromatic rings. The highest BCUT2D eigenvalue weighted by Gasteiger charge is 2.43. The summed E-state index contributed by atoms with van der Waals surface area (Å²) in [5, 5.41) is 7.32. The van der Waals surface area contributed by atoms with Crippen LogP contribution in [0.15, 0.2) is 0 Å². The second-order valence-corrected chi connectivity index (χ2v) is 5.09. The molecule has 0 amide bonds. The van der Waals surface area contributed by atoms with Gasteiger partial charge in [0.25, 0.3) is 0 Å². The highest BCUT2D eigenvalue weighted by atomic mass is 32.2. The van der Waals surface area contributed by atoms with E-state index < -0.39 is 31.1 Å². The van der Waals surface area contributed by atoms with Gasteiger partial charge >= 0.3 is 31.1 Å². The average molecular weight is 298 g/mol. The predicted octanol–water partition coefficient (Wildman–Crippen LogP) is -0.411. The summed E-state index contributed by atoms with van der Waals surface area (Å²) in [7, 11) is -10.7. The van der Waals surface area contributed by atoms with Crippen molar-refractivity contribution in [2.24, 2.45) is 10.3 Å². The highest BCUT2D eigenvalue weighted by molar-refractivity contribution is 7.90. The second-order valence-electron chi connectivity index (χ2n) is 1.98. The number of alkyl halides is 6. The summed E-state index contributed by atoms with van der Waals surface area (Å²) < 4.78 is 102. The Morgan fingerprint density at radius 3 is 0.688 bits per heavy atom. The Morgan fingerprint density at radius 1 is 0.625 bits per heavy atom. The number of hydrogen-bond donors (Lipinski definition) is 2. The van der Waals surface area contributed by atoms with E-state index in [9.17, 15) is 43.2 Å². The van der Waals surface area contributed by atoms with Crippen molar-refractivity contribution in [1.29, 1.82) is 0 Å². The standard InChI is InChI=1S/2CH2F3NO2S/c2*2-1(3,4)8(5,6)7/h2*(H2,5,6,7). The lowest BCUT2D eigenvalue weighted by molar-refractivity contribution is -0.0441. The molecule has 0 rings (SSSR count). The molecular formula is C2H4F6N2O4S2. The first kappa shape index (κ1) is 17.8. The van der Waals surface area contributed by atoms with Crippen molar-refractivity contribution in [3.05, 3.63) is 0 Å². The smallest absolute Gasteiger partial charge is 0.221 e. The van der Waals surface area contributed by atoms with Crippen molar-refractivity contribution in [3.8, 4) is 0 Å². The van der Waals surface area contributed by atoms with Crippen molar-refractivity contribution in [3.63, 3.8) is 0 Å². The maximum absolute atomic E-state index is 10.8. The van der Waals surface area contributed by atoms with E-state index in [4.69, 9.17) is 0 Å². The van der Waals surface area contributed by atoms with Crippen molar-refractivity contribution in [1.82, 2.24) is 0 Å². The third-order valence-electron chi connectivity index (χ3n) is 0.645. The molecule has 0 aliphatic heterocycles. The fourth-order valence-corrected chi connectivity index (χ4v) is 0. The molecule has 6 nitrogen and oxygen atoms in total. The third kappa shape index (κ3) is 6.81. The van der Waals surface area contributed by atoms with Crippen LogP contribution in [0.3, 0.4) is 0 Å². The fourth-order valence-electron chi connectivity index (χ4n) is 0. The zero-order valence-corrected chi connectivity index (χ0v) is 8.50. The van der Waals surface area contributed by atoms with Gasteiger partial charge in [-0.1, -0.05) is 0 Å². The van der Waals surface area contributed by atoms with Crippen molar-refractivity contribution >= 4 is 20.0 Å². The van der Waals surface area contributed by atoms with Crippen molar-refractivity contribution < 1.29 is 43.2 Å². The minimum Gasteiger partial charge on any atom is -0.221 e. The summed E-state index contributed by atoms with van der Waals surface area (Å²) in [4.78, 5) is 0. The Kier molecular flexibility index (Phi) is 5.25. The van der Waals surface area contributed by atoms with Crippen LogP contribution < -0.4 is 10.3 Å². The third-order valence-corrected chi connectivity index (χ3v) is 1.94. The SMILES string of the molecule is NS(=O)(=O)C(F)(F)F.NS(=O)(=O)C(F)(F)F. The van der Waals surface area contributed by atoms with Crippen molar-refractivity contribution in [2.75, 3.05) is 0 Å². The maximum atomic E-state index is 10.8. The fraction of sp³-hybridized carbons (Fsp3) is 1.00. The molecule has 0 aromatic carbocycles. The molecule has 4 N–H and O–H groups in total. The molecule has 0 saturated heterocycles. The summed E-state index contributed by atoms with van der Waals surface area (Å²) in [6.07, 6.45) is 0. The van der Waals surface area contributed by atoms with Crippen LogP contribution in [0.2, 0.25) is 0 Å². The molecule has 0 saturated carbocycles. The number of nitrogens with two attached hydrogens (primary N) is 2. The molecule has 0 aliphatic rings. The van der Waals surface area contributed by atoms with Gasteiger partial charge in [0.2, 0.25) is 0 Å². The summed E-state index contributed by atoms with van der Waals surface area (Å²) >= 11 is 0. The van der Waals surface area contributed by atoms with Gasteiger partial charge in [-0.05, 0) is 0 Å². The Hall–Kier alpha value is -0.600. The molecule has 0 spiro atoms. The van der Waals surface area contributed by atoms with E-state index in [0.717, 1.165) is 0 Å². The van der Waals surface area contributed by atoms with Crippen LogP contribution in [0.5, 0.6) is 0 Å². The van der Waals surface area contributed by atoms with Gasteiger partial charge in [-0.2, -0.15) is 26.3 Å². The zero-order valence-electron chi connectivity index (χ0n) is 6.87. The Labute approximate surface area is 85.3 Å². The van der Waals surface area contributed by atoms with Gasteiger partial charge in [0.05, 0.1) is 0 Å². The Bertz CT molecular complexity index is 374. The lowest BCUT2D eigenvalue weighted by atomic mass is 11.6. The number of halogens is 6. The van der Waals surface area contributed by atoms with Crippen LogP contribution in [-0.2, 0) is 20.0 Å². The van der Waals surface area contributed by atoms with Gasteiger partial charge in [0.15, 0.2) is 0 Å². The van der Waals surface area contributed by atoms with Crippen LogP contribution in [0.1, 0.15) is 0 Å². The van der Waals surface area contributed by atoms with E-state index in [2.05, 4.69) is 10.3 Å². The minimum atomic E-state index is -5.34. The molecule has 14 heteroatoms. The van der Waals surface area contributed by atoms with E-state index >= 15 is 0 Å². The van der Waals surface area contributed by atoms with Gasteiger partial charge in [0.1, 0.15) is 0 Å². The lowest BCUT2D eigenvalue weighted by Gasteiger charge is -1.98. The van der Waals surface area contributed by atoms with E-state index in [1.807, 2.05) is 0 Å². The van der Waals surface area contributed by atoms with E-state index in [1.54, 1.807) is 0 Å². The lowest BCUT2D eigenvalue weighted by Crippen LogP contribution is -2.30. The van der Waals surface area contributed by atoms with Crippen LogP contribution in [0.4, 0.5) is 26.3 Å². The summed E-state index contributed by atoms with van der Waals surface area (Å²) in [6.45, 7) is 0. The molecule has 16 heavy (non-hydrogen) atoms. The van der Waals surface area contributed by atoms with Crippen LogP contribution >= 0.6 is 0 Å². The summed E-state index contributed by atoms with van der Waals surface area (Å²) in [6, 6.07) is 0. The molecule has 0 unspecified atom stereocenters. The average Bonchev–Trinajstić information content (AvgIpc) is 1.77.